The van der Waals surface area contributed by atoms with Gasteiger partial charge in [-0.05, 0) is 61.8 Å². The van der Waals surface area contributed by atoms with Crippen LogP contribution in [0.4, 0.5) is 0 Å². The van der Waals surface area contributed by atoms with E-state index in [2.05, 4.69) is 31.2 Å². The molecule has 0 spiro atoms. The van der Waals surface area contributed by atoms with E-state index in [4.69, 9.17) is 11.6 Å². The molecule has 2 aliphatic rings. The molecule has 98 valence electrons. The van der Waals surface area contributed by atoms with Crippen molar-refractivity contribution in [3.63, 3.8) is 0 Å². The lowest BCUT2D eigenvalue weighted by Gasteiger charge is -2.26. The fourth-order valence-corrected chi connectivity index (χ4v) is 4.55. The van der Waals surface area contributed by atoms with Gasteiger partial charge in [-0.1, -0.05) is 36.2 Å². The van der Waals surface area contributed by atoms with Gasteiger partial charge in [0.05, 0.1) is 0 Å². The summed E-state index contributed by atoms with van der Waals surface area (Å²) in [4.78, 5) is 0. The molecule has 0 heterocycles. The van der Waals surface area contributed by atoms with Crippen molar-refractivity contribution in [2.24, 2.45) is 17.8 Å². The number of aryl methyl sites for hydroxylation is 1. The Morgan fingerprint density at radius 1 is 1.28 bits per heavy atom. The minimum atomic E-state index is 0.566. The molecule has 2 bridgehead atoms. The van der Waals surface area contributed by atoms with E-state index in [0.29, 0.717) is 5.92 Å². The maximum atomic E-state index is 6.23. The molecule has 0 saturated heterocycles. The third-order valence-electron chi connectivity index (χ3n) is 5.17. The fraction of sp³-hybridized carbons (Fsp3) is 0.647. The molecule has 2 fully saturated rings. The minimum absolute atomic E-state index is 0.566. The maximum Gasteiger partial charge on any atom is 0.0292 e. The average molecular weight is 263 g/mol. The van der Waals surface area contributed by atoms with Crippen LogP contribution in [0.25, 0.3) is 0 Å². The lowest BCUT2D eigenvalue weighted by molar-refractivity contribution is 0.300. The third kappa shape index (κ3) is 2.45. The van der Waals surface area contributed by atoms with Crippen LogP contribution in [0.1, 0.15) is 49.1 Å². The van der Waals surface area contributed by atoms with Gasteiger partial charge in [0.15, 0.2) is 0 Å². The van der Waals surface area contributed by atoms with E-state index < -0.39 is 0 Å². The molecule has 0 N–H and O–H groups in total. The van der Waals surface area contributed by atoms with Crippen LogP contribution in [0.3, 0.4) is 0 Å². The molecule has 1 heteroatoms. The van der Waals surface area contributed by atoms with Gasteiger partial charge < -0.3 is 0 Å². The number of benzene rings is 1. The Labute approximate surface area is 116 Å². The molecule has 0 aliphatic heterocycles. The molecule has 2 saturated carbocycles. The van der Waals surface area contributed by atoms with Crippen molar-refractivity contribution in [1.82, 2.24) is 0 Å². The van der Waals surface area contributed by atoms with E-state index in [1.54, 1.807) is 0 Å². The molecule has 1 aromatic carbocycles. The molecule has 2 aliphatic carbocycles. The lowest BCUT2D eigenvalue weighted by Crippen LogP contribution is -2.15. The largest absolute Gasteiger partial charge is 0.126 e. The molecule has 0 radical (unpaired) electrons. The summed E-state index contributed by atoms with van der Waals surface area (Å²) >= 11 is 6.23. The lowest BCUT2D eigenvalue weighted by atomic mass is 9.80. The first-order chi connectivity index (χ1) is 8.76. The Kier molecular flexibility index (Phi) is 3.66. The van der Waals surface area contributed by atoms with Gasteiger partial charge in [0.1, 0.15) is 0 Å². The van der Waals surface area contributed by atoms with Crippen molar-refractivity contribution in [3.8, 4) is 0 Å². The van der Waals surface area contributed by atoms with Gasteiger partial charge in [0.2, 0.25) is 0 Å². The zero-order valence-corrected chi connectivity index (χ0v) is 12.0. The Bertz CT molecular complexity index is 412. The zero-order valence-electron chi connectivity index (χ0n) is 11.2. The number of rotatable bonds is 4. The molecule has 18 heavy (non-hydrogen) atoms. The Morgan fingerprint density at radius 3 is 2.78 bits per heavy atom. The normalized spacial score (nSPS) is 31.8. The van der Waals surface area contributed by atoms with Crippen molar-refractivity contribution in [2.45, 2.75) is 44.9 Å². The van der Waals surface area contributed by atoms with Crippen molar-refractivity contribution in [2.75, 3.05) is 5.88 Å². The van der Waals surface area contributed by atoms with Crippen molar-refractivity contribution < 1.29 is 0 Å². The first-order valence-electron chi connectivity index (χ1n) is 7.38. The maximum absolute atomic E-state index is 6.23. The molecule has 0 aromatic heterocycles. The predicted octanol–water partition coefficient (Wildman–Crippen LogP) is 5.14. The molecule has 3 rings (SSSR count). The molecular formula is C17H23Cl. The fourth-order valence-electron chi connectivity index (χ4n) is 4.24. The Hall–Kier alpha value is -0.490. The Morgan fingerprint density at radius 2 is 2.17 bits per heavy atom. The highest BCUT2D eigenvalue weighted by molar-refractivity contribution is 6.18. The van der Waals surface area contributed by atoms with Gasteiger partial charge in [-0.25, -0.2) is 0 Å². The minimum Gasteiger partial charge on any atom is -0.126 e. The molecule has 1 aromatic rings. The highest BCUT2D eigenvalue weighted by atomic mass is 35.5. The van der Waals surface area contributed by atoms with Crippen LogP contribution in [0, 0.1) is 24.7 Å². The summed E-state index contributed by atoms with van der Waals surface area (Å²) in [6.07, 6.45) is 7.28. The van der Waals surface area contributed by atoms with Crippen LogP contribution >= 0.6 is 11.6 Å². The first-order valence-corrected chi connectivity index (χ1v) is 7.92. The smallest absolute Gasteiger partial charge is 0.0292 e. The number of hydrogen-bond acceptors (Lipinski definition) is 0. The summed E-state index contributed by atoms with van der Waals surface area (Å²) in [5.41, 5.74) is 2.81. The van der Waals surface area contributed by atoms with Crippen LogP contribution in [0.5, 0.6) is 0 Å². The number of hydrogen-bond donors (Lipinski definition) is 0. The summed E-state index contributed by atoms with van der Waals surface area (Å²) in [5.74, 6) is 4.36. The van der Waals surface area contributed by atoms with E-state index in [1.165, 1.54) is 43.2 Å². The van der Waals surface area contributed by atoms with E-state index in [9.17, 15) is 0 Å². The zero-order chi connectivity index (χ0) is 12.5. The third-order valence-corrected chi connectivity index (χ3v) is 5.54. The molecular weight excluding hydrogens is 240 g/mol. The Balaban J connectivity index is 1.69. The second-order valence-electron chi connectivity index (χ2n) is 6.44. The quantitative estimate of drug-likeness (QED) is 0.659. The van der Waals surface area contributed by atoms with Crippen molar-refractivity contribution in [3.05, 3.63) is 35.4 Å². The van der Waals surface area contributed by atoms with Gasteiger partial charge in [-0.3, -0.25) is 0 Å². The molecule has 4 unspecified atom stereocenters. The molecule has 0 nitrogen and oxygen atoms in total. The summed E-state index contributed by atoms with van der Waals surface area (Å²) in [5, 5.41) is 0. The number of halogens is 1. The van der Waals surface area contributed by atoms with Crippen LogP contribution < -0.4 is 0 Å². The average Bonchev–Trinajstić information content (AvgIpc) is 2.98. The molecule has 0 amide bonds. The van der Waals surface area contributed by atoms with Gasteiger partial charge in [-0.2, -0.15) is 0 Å². The van der Waals surface area contributed by atoms with Crippen LogP contribution in [0.2, 0.25) is 0 Å². The summed E-state index contributed by atoms with van der Waals surface area (Å²) in [7, 11) is 0. The highest BCUT2D eigenvalue weighted by Crippen LogP contribution is 2.51. The van der Waals surface area contributed by atoms with Crippen molar-refractivity contribution >= 4 is 11.6 Å². The second-order valence-corrected chi connectivity index (χ2v) is 6.74. The van der Waals surface area contributed by atoms with Crippen molar-refractivity contribution in [1.29, 1.82) is 0 Å². The van der Waals surface area contributed by atoms with Gasteiger partial charge >= 0.3 is 0 Å². The second kappa shape index (κ2) is 5.25. The van der Waals surface area contributed by atoms with E-state index >= 15 is 0 Å². The van der Waals surface area contributed by atoms with E-state index in [0.717, 1.165) is 23.6 Å². The van der Waals surface area contributed by atoms with E-state index in [-0.39, 0.29) is 0 Å². The monoisotopic (exact) mass is 262 g/mol. The SMILES string of the molecule is Cc1cccc(C(CCl)CC2CC3CCC2C3)c1. The molecule has 4 atom stereocenters. The van der Waals surface area contributed by atoms with E-state index in [1.807, 2.05) is 0 Å². The number of fused-ring (bicyclic) bond motifs is 2. The van der Waals surface area contributed by atoms with Crippen LogP contribution in [0.15, 0.2) is 24.3 Å². The topological polar surface area (TPSA) is 0 Å². The van der Waals surface area contributed by atoms with Crippen LogP contribution in [-0.4, -0.2) is 5.88 Å². The number of alkyl halides is 1. The predicted molar refractivity (Wildman–Crippen MR) is 78.2 cm³/mol. The highest BCUT2D eigenvalue weighted by Gasteiger charge is 2.40. The standard InChI is InChI=1S/C17H23Cl/c1-12-3-2-4-14(7-12)17(11-18)10-16-9-13-5-6-15(16)8-13/h2-4,7,13,15-17H,5-6,8-11H2,1H3. The van der Waals surface area contributed by atoms with Crippen LogP contribution in [-0.2, 0) is 0 Å². The summed E-state index contributed by atoms with van der Waals surface area (Å²) < 4.78 is 0. The van der Waals surface area contributed by atoms with Gasteiger partial charge in [0.25, 0.3) is 0 Å². The van der Waals surface area contributed by atoms with Gasteiger partial charge in [0, 0.05) is 5.88 Å². The van der Waals surface area contributed by atoms with Gasteiger partial charge in [-0.15, -0.1) is 11.6 Å². The summed E-state index contributed by atoms with van der Waals surface area (Å²) in [6, 6.07) is 8.92. The first kappa shape index (κ1) is 12.5. The summed E-state index contributed by atoms with van der Waals surface area (Å²) in [6.45, 7) is 2.17.